The summed E-state index contributed by atoms with van der Waals surface area (Å²) < 4.78 is 10.8. The topological polar surface area (TPSA) is 73.6 Å². The van der Waals surface area contributed by atoms with Crippen molar-refractivity contribution in [1.82, 2.24) is 5.32 Å². The summed E-state index contributed by atoms with van der Waals surface area (Å²) in [5, 5.41) is 3.24. The lowest BCUT2D eigenvalue weighted by Gasteiger charge is -2.17. The summed E-state index contributed by atoms with van der Waals surface area (Å²) in [6.45, 7) is 6.33. The molecular formula is C14H22N2O3. The standard InChI is InChI=1S/C14H22N2O3/c1-3-18-13(19-4-2)10-16-9-11-6-5-7-12(8-11)14(15)17/h5-8,13,16H,3-4,9-10H2,1-2H3,(H2,15,17). The number of hydrogen-bond donors (Lipinski definition) is 2. The Morgan fingerprint density at radius 3 is 2.58 bits per heavy atom. The summed E-state index contributed by atoms with van der Waals surface area (Å²) in [4.78, 5) is 11.1. The van der Waals surface area contributed by atoms with Gasteiger partial charge in [-0.2, -0.15) is 0 Å². The molecule has 0 atom stereocenters. The molecule has 0 radical (unpaired) electrons. The second-order valence-electron chi connectivity index (χ2n) is 4.04. The maximum absolute atomic E-state index is 11.1. The molecule has 0 heterocycles. The van der Waals surface area contributed by atoms with Gasteiger partial charge in [0, 0.05) is 31.9 Å². The molecule has 1 aromatic carbocycles. The van der Waals surface area contributed by atoms with Gasteiger partial charge in [0.15, 0.2) is 6.29 Å². The lowest BCUT2D eigenvalue weighted by molar-refractivity contribution is -0.133. The predicted octanol–water partition coefficient (Wildman–Crippen LogP) is 1.27. The number of ether oxygens (including phenoxy) is 2. The van der Waals surface area contributed by atoms with E-state index in [9.17, 15) is 4.79 Å². The van der Waals surface area contributed by atoms with Gasteiger partial charge in [-0.25, -0.2) is 0 Å². The number of carbonyl (C=O) groups is 1. The first-order chi connectivity index (χ1) is 9.17. The number of primary amides is 1. The van der Waals surface area contributed by atoms with Crippen LogP contribution in [0.25, 0.3) is 0 Å². The Morgan fingerprint density at radius 2 is 2.00 bits per heavy atom. The number of rotatable bonds is 9. The van der Waals surface area contributed by atoms with Crippen LogP contribution in [0.5, 0.6) is 0 Å². The number of benzene rings is 1. The van der Waals surface area contributed by atoms with Crippen LogP contribution in [0, 0.1) is 0 Å². The average Bonchev–Trinajstić information content (AvgIpc) is 2.39. The van der Waals surface area contributed by atoms with Crippen LogP contribution in [0.4, 0.5) is 0 Å². The Labute approximate surface area is 114 Å². The Morgan fingerprint density at radius 1 is 1.32 bits per heavy atom. The highest BCUT2D eigenvalue weighted by Crippen LogP contribution is 2.04. The molecular weight excluding hydrogens is 244 g/mol. The van der Waals surface area contributed by atoms with Gasteiger partial charge in [0.1, 0.15) is 0 Å². The van der Waals surface area contributed by atoms with Crippen LogP contribution >= 0.6 is 0 Å². The van der Waals surface area contributed by atoms with Crippen molar-refractivity contribution in [2.24, 2.45) is 5.73 Å². The van der Waals surface area contributed by atoms with Crippen LogP contribution < -0.4 is 11.1 Å². The molecule has 0 bridgehead atoms. The van der Waals surface area contributed by atoms with Crippen molar-refractivity contribution < 1.29 is 14.3 Å². The van der Waals surface area contributed by atoms with E-state index >= 15 is 0 Å². The Balaban J connectivity index is 2.43. The van der Waals surface area contributed by atoms with Crippen molar-refractivity contribution in [3.63, 3.8) is 0 Å². The van der Waals surface area contributed by atoms with E-state index in [0.29, 0.717) is 31.9 Å². The molecule has 0 spiro atoms. The maximum Gasteiger partial charge on any atom is 0.248 e. The number of nitrogens with one attached hydrogen (secondary N) is 1. The summed E-state index contributed by atoms with van der Waals surface area (Å²) >= 11 is 0. The molecule has 0 aliphatic rings. The second-order valence-corrected chi connectivity index (χ2v) is 4.04. The normalized spacial score (nSPS) is 10.9. The third-order valence-corrected chi connectivity index (χ3v) is 2.56. The fourth-order valence-corrected chi connectivity index (χ4v) is 1.71. The quantitative estimate of drug-likeness (QED) is 0.660. The zero-order valence-electron chi connectivity index (χ0n) is 11.5. The molecule has 106 valence electrons. The van der Waals surface area contributed by atoms with Gasteiger partial charge in [0.25, 0.3) is 0 Å². The summed E-state index contributed by atoms with van der Waals surface area (Å²) in [6.07, 6.45) is -0.241. The molecule has 1 aromatic rings. The van der Waals surface area contributed by atoms with Gasteiger partial charge in [0.05, 0.1) is 0 Å². The minimum Gasteiger partial charge on any atom is -0.366 e. The minimum atomic E-state index is -0.414. The smallest absolute Gasteiger partial charge is 0.248 e. The van der Waals surface area contributed by atoms with Crippen molar-refractivity contribution in [1.29, 1.82) is 0 Å². The first-order valence-electron chi connectivity index (χ1n) is 6.50. The van der Waals surface area contributed by atoms with E-state index in [1.807, 2.05) is 26.0 Å². The van der Waals surface area contributed by atoms with Crippen LogP contribution in [0.1, 0.15) is 29.8 Å². The molecule has 0 aliphatic heterocycles. The van der Waals surface area contributed by atoms with Crippen LogP contribution in [0.15, 0.2) is 24.3 Å². The molecule has 0 saturated carbocycles. The summed E-state index contributed by atoms with van der Waals surface area (Å²) in [7, 11) is 0. The van der Waals surface area contributed by atoms with Crippen LogP contribution in [-0.4, -0.2) is 32.0 Å². The van der Waals surface area contributed by atoms with E-state index in [1.54, 1.807) is 12.1 Å². The van der Waals surface area contributed by atoms with E-state index in [0.717, 1.165) is 5.56 Å². The van der Waals surface area contributed by atoms with Crippen molar-refractivity contribution in [3.05, 3.63) is 35.4 Å². The Kier molecular flexibility index (Phi) is 7.10. The third-order valence-electron chi connectivity index (χ3n) is 2.56. The first-order valence-corrected chi connectivity index (χ1v) is 6.50. The van der Waals surface area contributed by atoms with Gasteiger partial charge in [-0.05, 0) is 31.5 Å². The van der Waals surface area contributed by atoms with Gasteiger partial charge in [-0.15, -0.1) is 0 Å². The lowest BCUT2D eigenvalue weighted by Crippen LogP contribution is -2.31. The van der Waals surface area contributed by atoms with Gasteiger partial charge >= 0.3 is 0 Å². The molecule has 0 fully saturated rings. The zero-order valence-corrected chi connectivity index (χ0v) is 11.5. The summed E-state index contributed by atoms with van der Waals surface area (Å²) in [5.74, 6) is -0.414. The van der Waals surface area contributed by atoms with E-state index in [4.69, 9.17) is 15.2 Å². The minimum absolute atomic E-state index is 0.241. The van der Waals surface area contributed by atoms with Crippen molar-refractivity contribution in [2.75, 3.05) is 19.8 Å². The van der Waals surface area contributed by atoms with Crippen molar-refractivity contribution >= 4 is 5.91 Å². The van der Waals surface area contributed by atoms with Crippen molar-refractivity contribution in [3.8, 4) is 0 Å². The Hall–Kier alpha value is -1.43. The number of nitrogens with two attached hydrogens (primary N) is 1. The zero-order chi connectivity index (χ0) is 14.1. The average molecular weight is 266 g/mol. The largest absolute Gasteiger partial charge is 0.366 e. The van der Waals surface area contributed by atoms with E-state index < -0.39 is 5.91 Å². The number of hydrogen-bond acceptors (Lipinski definition) is 4. The molecule has 3 N–H and O–H groups in total. The monoisotopic (exact) mass is 266 g/mol. The predicted molar refractivity (Wildman–Crippen MR) is 73.7 cm³/mol. The SMILES string of the molecule is CCOC(CNCc1cccc(C(N)=O)c1)OCC. The third kappa shape index (κ3) is 5.83. The molecule has 0 aliphatic carbocycles. The highest BCUT2D eigenvalue weighted by atomic mass is 16.7. The van der Waals surface area contributed by atoms with Gasteiger partial charge in [-0.1, -0.05) is 12.1 Å². The van der Waals surface area contributed by atoms with Crippen LogP contribution in [0.2, 0.25) is 0 Å². The highest BCUT2D eigenvalue weighted by Gasteiger charge is 2.07. The molecule has 1 rings (SSSR count). The first kappa shape index (κ1) is 15.6. The fraction of sp³-hybridized carbons (Fsp3) is 0.500. The highest BCUT2D eigenvalue weighted by molar-refractivity contribution is 5.92. The lowest BCUT2D eigenvalue weighted by atomic mass is 10.1. The van der Waals surface area contributed by atoms with Crippen LogP contribution in [-0.2, 0) is 16.0 Å². The molecule has 5 heteroatoms. The summed E-state index contributed by atoms with van der Waals surface area (Å²) in [6, 6.07) is 7.25. The van der Waals surface area contributed by atoms with Gasteiger partial charge in [-0.3, -0.25) is 4.79 Å². The van der Waals surface area contributed by atoms with Crippen molar-refractivity contribution in [2.45, 2.75) is 26.7 Å². The Bertz CT molecular complexity index is 390. The molecule has 0 unspecified atom stereocenters. The van der Waals surface area contributed by atoms with Crippen LogP contribution in [0.3, 0.4) is 0 Å². The van der Waals surface area contributed by atoms with Gasteiger partial charge < -0.3 is 20.5 Å². The number of amides is 1. The summed E-state index contributed by atoms with van der Waals surface area (Å²) in [5.41, 5.74) is 6.76. The molecule has 0 saturated heterocycles. The van der Waals surface area contributed by atoms with Gasteiger partial charge in [0.2, 0.25) is 5.91 Å². The molecule has 0 aromatic heterocycles. The second kappa shape index (κ2) is 8.63. The van der Waals surface area contributed by atoms with E-state index in [-0.39, 0.29) is 6.29 Å². The van der Waals surface area contributed by atoms with E-state index in [1.165, 1.54) is 0 Å². The van der Waals surface area contributed by atoms with E-state index in [2.05, 4.69) is 5.32 Å². The fourth-order valence-electron chi connectivity index (χ4n) is 1.71. The molecule has 5 nitrogen and oxygen atoms in total. The molecule has 19 heavy (non-hydrogen) atoms. The molecule has 1 amide bonds. The maximum atomic E-state index is 11.1. The number of carbonyl (C=O) groups excluding carboxylic acids is 1.